The average Bonchev–Trinajstić information content (AvgIpc) is 3.25. The first-order chi connectivity index (χ1) is 12.6. The SMILES string of the molecule is CO[C@@H]1C[C@@H](c2nnc3cnccn23)N(C(=O)CC2(C)CCCCC2)C1. The molecular formula is C19H27N5O2. The maximum atomic E-state index is 13.2. The van der Waals surface area contributed by atoms with Crippen LogP contribution in [0.15, 0.2) is 18.6 Å². The number of hydrogen-bond donors (Lipinski definition) is 0. The molecule has 2 aliphatic rings. The van der Waals surface area contributed by atoms with Gasteiger partial charge >= 0.3 is 0 Å². The van der Waals surface area contributed by atoms with E-state index in [9.17, 15) is 4.79 Å². The minimum atomic E-state index is -0.1000. The van der Waals surface area contributed by atoms with Gasteiger partial charge in [0.15, 0.2) is 11.5 Å². The average molecular weight is 357 g/mol. The highest BCUT2D eigenvalue weighted by Crippen LogP contribution is 2.41. The summed E-state index contributed by atoms with van der Waals surface area (Å²) < 4.78 is 7.51. The van der Waals surface area contributed by atoms with Crippen molar-refractivity contribution in [1.82, 2.24) is 24.5 Å². The van der Waals surface area contributed by atoms with Crippen LogP contribution < -0.4 is 0 Å². The Bertz CT molecular complexity index is 783. The first kappa shape index (κ1) is 17.4. The van der Waals surface area contributed by atoms with E-state index < -0.39 is 0 Å². The fraction of sp³-hybridized carbons (Fsp3) is 0.684. The lowest BCUT2D eigenvalue weighted by Crippen LogP contribution is -2.36. The molecule has 4 rings (SSSR count). The molecule has 7 nitrogen and oxygen atoms in total. The Morgan fingerprint density at radius 1 is 1.31 bits per heavy atom. The molecule has 2 fully saturated rings. The van der Waals surface area contributed by atoms with Crippen LogP contribution in [0.25, 0.3) is 5.65 Å². The highest BCUT2D eigenvalue weighted by atomic mass is 16.5. The highest BCUT2D eigenvalue weighted by Gasteiger charge is 2.41. The monoisotopic (exact) mass is 357 g/mol. The Balaban J connectivity index is 1.59. The molecule has 0 aromatic carbocycles. The maximum absolute atomic E-state index is 13.2. The van der Waals surface area contributed by atoms with Gasteiger partial charge in [-0.3, -0.25) is 14.2 Å². The third-order valence-corrected chi connectivity index (χ3v) is 6.09. The summed E-state index contributed by atoms with van der Waals surface area (Å²) in [5, 5.41) is 8.58. The summed E-state index contributed by atoms with van der Waals surface area (Å²) in [6.07, 6.45) is 12.7. The van der Waals surface area contributed by atoms with E-state index >= 15 is 0 Å². The summed E-state index contributed by atoms with van der Waals surface area (Å²) in [5.41, 5.74) is 0.831. The number of ether oxygens (including phenoxy) is 1. The van der Waals surface area contributed by atoms with Crippen LogP contribution in [-0.2, 0) is 9.53 Å². The number of carbonyl (C=O) groups excluding carboxylic acids is 1. The second-order valence-electron chi connectivity index (χ2n) is 8.07. The minimum absolute atomic E-state index is 0.0392. The van der Waals surface area contributed by atoms with Crippen LogP contribution in [0.1, 0.15) is 63.7 Å². The van der Waals surface area contributed by atoms with E-state index in [0.29, 0.717) is 18.6 Å². The summed E-state index contributed by atoms with van der Waals surface area (Å²) >= 11 is 0. The standard InChI is InChI=1S/C19H27N5O2/c1-19(6-4-3-5-7-19)11-17(25)24-13-14(26-2)10-15(24)18-22-21-16-12-20-8-9-23(16)18/h8-9,12,14-15H,3-7,10-11,13H2,1-2H3/t14-,15+/m1/s1. The normalized spacial score (nSPS) is 25.7. The molecule has 26 heavy (non-hydrogen) atoms. The molecule has 0 spiro atoms. The van der Waals surface area contributed by atoms with Crippen molar-refractivity contribution in [3.63, 3.8) is 0 Å². The van der Waals surface area contributed by atoms with E-state index in [2.05, 4.69) is 22.1 Å². The number of hydrogen-bond acceptors (Lipinski definition) is 5. The molecule has 2 atom stereocenters. The molecule has 140 valence electrons. The molecule has 2 aromatic rings. The van der Waals surface area contributed by atoms with Crippen molar-refractivity contribution in [3.8, 4) is 0 Å². The third-order valence-electron chi connectivity index (χ3n) is 6.09. The lowest BCUT2D eigenvalue weighted by molar-refractivity contribution is -0.135. The fourth-order valence-corrected chi connectivity index (χ4v) is 4.54. The molecule has 0 bridgehead atoms. The highest BCUT2D eigenvalue weighted by molar-refractivity contribution is 5.77. The van der Waals surface area contributed by atoms with Crippen LogP contribution in [0, 0.1) is 5.41 Å². The van der Waals surface area contributed by atoms with E-state index in [0.717, 1.165) is 25.1 Å². The van der Waals surface area contributed by atoms with Crippen molar-refractivity contribution in [1.29, 1.82) is 0 Å². The molecule has 0 radical (unpaired) electrons. The Morgan fingerprint density at radius 2 is 2.12 bits per heavy atom. The van der Waals surface area contributed by atoms with E-state index in [1.807, 2.05) is 15.5 Å². The fourth-order valence-electron chi connectivity index (χ4n) is 4.54. The molecule has 1 aliphatic heterocycles. The van der Waals surface area contributed by atoms with Gasteiger partial charge in [0, 0.05) is 38.9 Å². The molecule has 3 heterocycles. The number of nitrogens with zero attached hydrogens (tertiary/aromatic N) is 5. The van der Waals surface area contributed by atoms with Gasteiger partial charge < -0.3 is 9.64 Å². The van der Waals surface area contributed by atoms with Crippen molar-refractivity contribution in [2.24, 2.45) is 5.41 Å². The van der Waals surface area contributed by atoms with Crippen LogP contribution in [0.5, 0.6) is 0 Å². The minimum Gasteiger partial charge on any atom is -0.380 e. The lowest BCUT2D eigenvalue weighted by atomic mass is 9.73. The Hall–Kier alpha value is -2.02. The van der Waals surface area contributed by atoms with Crippen LogP contribution in [0.4, 0.5) is 0 Å². The zero-order chi connectivity index (χ0) is 18.1. The summed E-state index contributed by atoms with van der Waals surface area (Å²) in [4.78, 5) is 19.3. The van der Waals surface area contributed by atoms with E-state index in [1.165, 1.54) is 19.3 Å². The zero-order valence-electron chi connectivity index (χ0n) is 15.6. The van der Waals surface area contributed by atoms with Gasteiger partial charge in [-0.05, 0) is 18.3 Å². The first-order valence-electron chi connectivity index (χ1n) is 9.56. The van der Waals surface area contributed by atoms with E-state index in [-0.39, 0.29) is 23.5 Å². The number of rotatable bonds is 4. The van der Waals surface area contributed by atoms with Crippen molar-refractivity contribution in [2.45, 2.75) is 64.0 Å². The second kappa shape index (κ2) is 6.95. The first-order valence-corrected chi connectivity index (χ1v) is 9.56. The van der Waals surface area contributed by atoms with Gasteiger partial charge in [0.05, 0.1) is 18.3 Å². The molecule has 0 N–H and O–H groups in total. The zero-order valence-corrected chi connectivity index (χ0v) is 15.6. The van der Waals surface area contributed by atoms with Gasteiger partial charge in [-0.25, -0.2) is 0 Å². The molecule has 1 saturated carbocycles. The Labute approximate surface area is 153 Å². The number of carbonyl (C=O) groups is 1. The second-order valence-corrected chi connectivity index (χ2v) is 8.07. The maximum Gasteiger partial charge on any atom is 0.223 e. The van der Waals surface area contributed by atoms with Gasteiger partial charge in [0.25, 0.3) is 0 Å². The molecule has 7 heteroatoms. The predicted octanol–water partition coefficient (Wildman–Crippen LogP) is 2.77. The number of methoxy groups -OCH3 is 1. The largest absolute Gasteiger partial charge is 0.380 e. The molecule has 2 aromatic heterocycles. The van der Waals surface area contributed by atoms with E-state index in [1.54, 1.807) is 19.5 Å². The Morgan fingerprint density at radius 3 is 2.88 bits per heavy atom. The summed E-state index contributed by atoms with van der Waals surface area (Å²) in [5.74, 6) is 1.01. The molecule has 1 saturated heterocycles. The summed E-state index contributed by atoms with van der Waals surface area (Å²) in [7, 11) is 1.71. The van der Waals surface area contributed by atoms with Gasteiger partial charge in [-0.15, -0.1) is 10.2 Å². The summed E-state index contributed by atoms with van der Waals surface area (Å²) in [6, 6.07) is -0.1000. The Kier molecular flexibility index (Phi) is 4.65. The van der Waals surface area contributed by atoms with Crippen molar-refractivity contribution in [3.05, 3.63) is 24.4 Å². The number of aromatic nitrogens is 4. The molecule has 1 aliphatic carbocycles. The van der Waals surface area contributed by atoms with Gasteiger partial charge in [-0.2, -0.15) is 0 Å². The van der Waals surface area contributed by atoms with Crippen molar-refractivity contribution < 1.29 is 9.53 Å². The molecular weight excluding hydrogens is 330 g/mol. The molecule has 0 unspecified atom stereocenters. The van der Waals surface area contributed by atoms with Gasteiger partial charge in [0.1, 0.15) is 0 Å². The summed E-state index contributed by atoms with van der Waals surface area (Å²) in [6.45, 7) is 2.89. The third kappa shape index (κ3) is 3.20. The lowest BCUT2D eigenvalue weighted by Gasteiger charge is -2.35. The topological polar surface area (TPSA) is 72.6 Å². The van der Waals surface area contributed by atoms with Crippen LogP contribution in [0.3, 0.4) is 0 Å². The van der Waals surface area contributed by atoms with Crippen LogP contribution in [-0.4, -0.2) is 50.1 Å². The molecule has 1 amide bonds. The van der Waals surface area contributed by atoms with Crippen LogP contribution >= 0.6 is 0 Å². The van der Waals surface area contributed by atoms with Gasteiger partial charge in [0.2, 0.25) is 5.91 Å². The van der Waals surface area contributed by atoms with Crippen molar-refractivity contribution in [2.75, 3.05) is 13.7 Å². The van der Waals surface area contributed by atoms with E-state index in [4.69, 9.17) is 4.74 Å². The van der Waals surface area contributed by atoms with Gasteiger partial charge in [-0.1, -0.05) is 26.2 Å². The number of likely N-dealkylation sites (tertiary alicyclic amines) is 1. The number of fused-ring (bicyclic) bond motifs is 1. The van der Waals surface area contributed by atoms with Crippen molar-refractivity contribution >= 4 is 11.6 Å². The smallest absolute Gasteiger partial charge is 0.223 e. The predicted molar refractivity (Wildman–Crippen MR) is 96.5 cm³/mol. The van der Waals surface area contributed by atoms with Crippen LogP contribution in [0.2, 0.25) is 0 Å². The number of amides is 1. The quantitative estimate of drug-likeness (QED) is 0.841.